The fourth-order valence-corrected chi connectivity index (χ4v) is 2.64. The average Bonchev–Trinajstić information content (AvgIpc) is 2.45. The predicted molar refractivity (Wildman–Crippen MR) is 73.6 cm³/mol. The van der Waals surface area contributed by atoms with E-state index < -0.39 is 17.5 Å². The molecule has 2 aromatic rings. The van der Waals surface area contributed by atoms with Gasteiger partial charge in [0.1, 0.15) is 5.82 Å². The van der Waals surface area contributed by atoms with Gasteiger partial charge in [-0.15, -0.1) is 0 Å². The van der Waals surface area contributed by atoms with Gasteiger partial charge in [-0.25, -0.2) is 18.2 Å². The van der Waals surface area contributed by atoms with Crippen molar-refractivity contribution in [2.24, 2.45) is 0 Å². The lowest BCUT2D eigenvalue weighted by molar-refractivity contribution is 0.238. The molecule has 1 aliphatic rings. The average molecular weight is 311 g/mol. The summed E-state index contributed by atoms with van der Waals surface area (Å²) < 4.78 is 40.2. The Morgan fingerprint density at radius 1 is 1.19 bits per heavy atom. The van der Waals surface area contributed by atoms with Crippen molar-refractivity contribution >= 4 is 12.2 Å². The van der Waals surface area contributed by atoms with Gasteiger partial charge in [0.15, 0.2) is 16.4 Å². The first-order valence-electron chi connectivity index (χ1n) is 6.46. The van der Waals surface area contributed by atoms with Crippen LogP contribution >= 0.6 is 12.2 Å². The van der Waals surface area contributed by atoms with Crippen molar-refractivity contribution in [1.29, 1.82) is 0 Å². The number of fused-ring (bicyclic) bond motifs is 1. The molecular weight excluding hydrogens is 299 g/mol. The summed E-state index contributed by atoms with van der Waals surface area (Å²) in [6.07, 6.45) is 2.43. The number of halogens is 3. The molecule has 0 amide bonds. The molecule has 21 heavy (non-hydrogen) atoms. The molecule has 1 aliphatic heterocycles. The smallest absolute Gasteiger partial charge is 0.196 e. The van der Waals surface area contributed by atoms with E-state index in [9.17, 15) is 13.2 Å². The summed E-state index contributed by atoms with van der Waals surface area (Å²) in [6, 6.07) is 1.50. The molecule has 1 N–H and O–H groups in total. The zero-order chi connectivity index (χ0) is 15.0. The Morgan fingerprint density at radius 3 is 2.76 bits per heavy atom. The molecule has 110 valence electrons. The first-order chi connectivity index (χ1) is 10.0. The van der Waals surface area contributed by atoms with Crippen LogP contribution in [0.4, 0.5) is 13.2 Å². The lowest BCUT2D eigenvalue weighted by atomic mass is 10.1. The van der Waals surface area contributed by atoms with Crippen LogP contribution in [0.15, 0.2) is 18.3 Å². The maximum Gasteiger partial charge on any atom is 0.196 e. The van der Waals surface area contributed by atoms with Gasteiger partial charge in [0.05, 0.1) is 0 Å². The number of nitrogens with one attached hydrogen (secondary N) is 1. The third kappa shape index (κ3) is 2.98. The zero-order valence-corrected chi connectivity index (χ0v) is 11.8. The van der Waals surface area contributed by atoms with Crippen molar-refractivity contribution in [2.45, 2.75) is 19.5 Å². The predicted octanol–water partition coefficient (Wildman–Crippen LogP) is 3.11. The summed E-state index contributed by atoms with van der Waals surface area (Å²) >= 11 is 4.97. The van der Waals surface area contributed by atoms with E-state index in [1.165, 1.54) is 0 Å². The van der Waals surface area contributed by atoms with E-state index in [0.29, 0.717) is 23.9 Å². The quantitative estimate of drug-likeness (QED) is 0.683. The number of nitrogens with zero attached hydrogens (tertiary/aromatic N) is 2. The molecule has 0 unspecified atom stereocenters. The van der Waals surface area contributed by atoms with Crippen LogP contribution < -0.4 is 0 Å². The maximum atomic E-state index is 13.7. The molecule has 0 bridgehead atoms. The van der Waals surface area contributed by atoms with Crippen LogP contribution in [0.2, 0.25) is 0 Å². The minimum Gasteiger partial charge on any atom is -0.334 e. The Balaban J connectivity index is 1.80. The second-order valence-electron chi connectivity index (χ2n) is 5.01. The van der Waals surface area contributed by atoms with Crippen molar-refractivity contribution in [2.75, 3.05) is 6.54 Å². The number of aromatic nitrogens is 2. The highest BCUT2D eigenvalue weighted by atomic mass is 32.1. The van der Waals surface area contributed by atoms with E-state index in [-0.39, 0.29) is 12.1 Å². The molecule has 0 fully saturated rings. The molecule has 0 aliphatic carbocycles. The molecule has 3 nitrogen and oxygen atoms in total. The van der Waals surface area contributed by atoms with Gasteiger partial charge in [0, 0.05) is 55.1 Å². The molecule has 1 aromatic carbocycles. The van der Waals surface area contributed by atoms with Gasteiger partial charge in [-0.05, 0) is 18.3 Å². The monoisotopic (exact) mass is 311 g/mol. The minimum atomic E-state index is -1.17. The third-order valence-corrected chi connectivity index (χ3v) is 3.75. The maximum absolute atomic E-state index is 13.7. The molecule has 7 heteroatoms. The zero-order valence-electron chi connectivity index (χ0n) is 11.0. The van der Waals surface area contributed by atoms with Crippen molar-refractivity contribution < 1.29 is 13.2 Å². The lowest BCUT2D eigenvalue weighted by Gasteiger charge is -2.28. The van der Waals surface area contributed by atoms with E-state index in [0.717, 1.165) is 23.7 Å². The second-order valence-corrected chi connectivity index (χ2v) is 5.40. The third-order valence-electron chi connectivity index (χ3n) is 3.54. The van der Waals surface area contributed by atoms with Crippen molar-refractivity contribution in [3.63, 3.8) is 0 Å². The summed E-state index contributed by atoms with van der Waals surface area (Å²) in [6.45, 7) is 1.46. The van der Waals surface area contributed by atoms with Gasteiger partial charge < -0.3 is 4.98 Å². The Labute approximate surface area is 124 Å². The van der Waals surface area contributed by atoms with Crippen LogP contribution in [0.1, 0.15) is 16.8 Å². The Bertz CT molecular complexity index is 745. The van der Waals surface area contributed by atoms with E-state index in [1.807, 2.05) is 4.90 Å². The summed E-state index contributed by atoms with van der Waals surface area (Å²) in [7, 11) is 0. The van der Waals surface area contributed by atoms with Crippen molar-refractivity contribution in [3.8, 4) is 0 Å². The molecule has 0 radical (unpaired) electrons. The summed E-state index contributed by atoms with van der Waals surface area (Å²) in [5.74, 6) is -2.93. The molecule has 0 saturated carbocycles. The summed E-state index contributed by atoms with van der Waals surface area (Å²) in [5, 5.41) is 0. The SMILES string of the molecule is Fc1cc(F)c(CN2CCc3[nH]c(=S)ncc3C2)cc1F. The Morgan fingerprint density at radius 2 is 1.95 bits per heavy atom. The van der Waals surface area contributed by atoms with Crippen molar-refractivity contribution in [3.05, 3.63) is 57.4 Å². The van der Waals surface area contributed by atoms with Gasteiger partial charge >= 0.3 is 0 Å². The van der Waals surface area contributed by atoms with Crippen LogP contribution in [0.25, 0.3) is 0 Å². The van der Waals surface area contributed by atoms with Gasteiger partial charge in [-0.3, -0.25) is 4.90 Å². The van der Waals surface area contributed by atoms with Gasteiger partial charge in [0.25, 0.3) is 0 Å². The Hall–Kier alpha value is -1.73. The normalized spacial score (nSPS) is 15.0. The number of hydrogen-bond acceptors (Lipinski definition) is 3. The first kappa shape index (κ1) is 14.2. The molecule has 0 spiro atoms. The van der Waals surface area contributed by atoms with Crippen LogP contribution in [-0.2, 0) is 19.5 Å². The van der Waals surface area contributed by atoms with Crippen LogP contribution in [-0.4, -0.2) is 21.4 Å². The standard InChI is InChI=1S/C14H12F3N3S/c15-10-4-12(17)11(16)3-8(10)6-20-2-1-13-9(7-20)5-18-14(21)19-13/h3-5H,1-2,6-7H2,(H,18,19,21). The van der Waals surface area contributed by atoms with Crippen LogP contribution in [0.3, 0.4) is 0 Å². The van der Waals surface area contributed by atoms with Crippen molar-refractivity contribution in [1.82, 2.24) is 14.9 Å². The highest BCUT2D eigenvalue weighted by molar-refractivity contribution is 7.71. The fraction of sp³-hybridized carbons (Fsp3) is 0.286. The van der Waals surface area contributed by atoms with Crippen LogP contribution in [0, 0.1) is 22.2 Å². The summed E-state index contributed by atoms with van der Waals surface area (Å²) in [4.78, 5) is 9.01. The van der Waals surface area contributed by atoms with Gasteiger partial charge in [0.2, 0.25) is 0 Å². The highest BCUT2D eigenvalue weighted by Crippen LogP contribution is 2.20. The Kier molecular flexibility index (Phi) is 3.77. The molecule has 0 atom stereocenters. The number of hydrogen-bond donors (Lipinski definition) is 1. The topological polar surface area (TPSA) is 31.9 Å². The molecular formula is C14H12F3N3S. The minimum absolute atomic E-state index is 0.147. The molecule has 2 heterocycles. The number of rotatable bonds is 2. The summed E-state index contributed by atoms with van der Waals surface area (Å²) in [5.41, 5.74) is 2.16. The number of H-pyrrole nitrogens is 1. The van der Waals surface area contributed by atoms with Gasteiger partial charge in [-0.1, -0.05) is 0 Å². The molecule has 1 aromatic heterocycles. The molecule has 0 saturated heterocycles. The van der Waals surface area contributed by atoms with E-state index in [4.69, 9.17) is 12.2 Å². The van der Waals surface area contributed by atoms with E-state index in [1.54, 1.807) is 6.20 Å². The first-order valence-corrected chi connectivity index (χ1v) is 6.86. The lowest BCUT2D eigenvalue weighted by Crippen LogP contribution is -2.31. The molecule has 3 rings (SSSR count). The van der Waals surface area contributed by atoms with E-state index >= 15 is 0 Å². The van der Waals surface area contributed by atoms with Gasteiger partial charge in [-0.2, -0.15) is 0 Å². The largest absolute Gasteiger partial charge is 0.334 e. The second kappa shape index (κ2) is 5.57. The number of benzene rings is 1. The van der Waals surface area contributed by atoms with Crippen LogP contribution in [0.5, 0.6) is 0 Å². The van der Waals surface area contributed by atoms with E-state index in [2.05, 4.69) is 9.97 Å². The fourth-order valence-electron chi connectivity index (χ4n) is 2.47. The highest BCUT2D eigenvalue weighted by Gasteiger charge is 2.19. The number of aromatic amines is 1.